The van der Waals surface area contributed by atoms with E-state index in [1.807, 2.05) is 6.07 Å². The van der Waals surface area contributed by atoms with Gasteiger partial charge < -0.3 is 23.7 Å². The summed E-state index contributed by atoms with van der Waals surface area (Å²) in [6.07, 6.45) is -0.844. The molecule has 0 spiro atoms. The number of nitrogens with zero attached hydrogens (tertiary/aromatic N) is 1. The highest BCUT2D eigenvalue weighted by atomic mass is 31.2. The molecule has 1 aromatic carbocycles. The molecule has 48 heavy (non-hydrogen) atoms. The third kappa shape index (κ3) is 13.6. The predicted molar refractivity (Wildman–Crippen MR) is 172 cm³/mol. The van der Waals surface area contributed by atoms with Crippen molar-refractivity contribution in [3.8, 4) is 0 Å². The number of hydrogen-bond donors (Lipinski definition) is 0. The van der Waals surface area contributed by atoms with Crippen LogP contribution in [-0.2, 0) is 63.1 Å². The average Bonchev–Trinajstić information content (AvgIpc) is 2.98. The second-order valence-corrected chi connectivity index (χ2v) is 16.7. The topological polar surface area (TPSA) is 170 Å². The molecule has 0 radical (unpaired) electrons. The van der Waals surface area contributed by atoms with Crippen LogP contribution >= 0.6 is 7.60 Å². The molecule has 1 heterocycles. The summed E-state index contributed by atoms with van der Waals surface area (Å²) in [6.45, 7) is 12.7. The Morgan fingerprint density at radius 3 is 1.67 bits per heavy atom. The van der Waals surface area contributed by atoms with Gasteiger partial charge in [0.15, 0.2) is 0 Å². The lowest BCUT2D eigenvalue weighted by Gasteiger charge is -2.37. The molecule has 2 unspecified atom stereocenters. The number of piperidine rings is 1. The van der Waals surface area contributed by atoms with Gasteiger partial charge in [-0.15, -0.1) is 0 Å². The van der Waals surface area contributed by atoms with Crippen LogP contribution in [0.3, 0.4) is 0 Å². The molecular weight excluding hydrogens is 649 g/mol. The number of carbonyl (C=O) groups is 5. The molecule has 14 nitrogen and oxygen atoms in total. The van der Waals surface area contributed by atoms with Crippen molar-refractivity contribution >= 4 is 37.6 Å². The first-order valence-electron chi connectivity index (χ1n) is 15.7. The van der Waals surface area contributed by atoms with E-state index in [-0.39, 0.29) is 32.2 Å². The Kier molecular flexibility index (Phi) is 14.6. The van der Waals surface area contributed by atoms with Crippen LogP contribution in [0.15, 0.2) is 30.3 Å². The number of carbonyl (C=O) groups excluding carboxylic acids is 5. The Morgan fingerprint density at radius 1 is 0.708 bits per heavy atom. The Balaban J connectivity index is 2.21. The molecule has 2 rings (SSSR count). The molecule has 1 amide bonds. The van der Waals surface area contributed by atoms with Crippen LogP contribution in [0.4, 0.5) is 4.79 Å². The minimum atomic E-state index is -4.12. The number of hydrogen-bond acceptors (Lipinski definition) is 13. The zero-order valence-corrected chi connectivity index (χ0v) is 30.3. The maximum Gasteiger partial charge on any atom is 0.410 e. The van der Waals surface area contributed by atoms with Gasteiger partial charge in [-0.1, -0.05) is 30.3 Å². The highest BCUT2D eigenvalue weighted by Crippen LogP contribution is 2.51. The van der Waals surface area contributed by atoms with Gasteiger partial charge in [-0.25, -0.2) is 9.59 Å². The smallest absolute Gasteiger partial charge is 0.410 e. The van der Waals surface area contributed by atoms with Gasteiger partial charge in [-0.3, -0.25) is 32.9 Å². The first kappa shape index (κ1) is 40.7. The molecule has 0 saturated carbocycles. The SMILES string of the molecule is CC(C)(C)C(=O)OCOC(=O)C1CC(CP(=O)(OCOC(=O)C(C)(C)C)OCOC(=O)C(C)(C)C)CCN1C(=O)OCc1ccccc1. The fourth-order valence-electron chi connectivity index (χ4n) is 4.11. The number of rotatable bonds is 13. The van der Waals surface area contributed by atoms with Crippen LogP contribution in [0, 0.1) is 22.2 Å². The fraction of sp³-hybridized carbons (Fsp3) is 0.667. The molecule has 15 heteroatoms. The molecular formula is C33H50NO13P. The van der Waals surface area contributed by atoms with Crippen molar-refractivity contribution in [2.75, 3.05) is 33.1 Å². The van der Waals surface area contributed by atoms with Crippen LogP contribution < -0.4 is 0 Å². The molecule has 270 valence electrons. The predicted octanol–water partition coefficient (Wildman–Crippen LogP) is 5.81. The van der Waals surface area contributed by atoms with E-state index in [1.165, 1.54) is 4.90 Å². The average molecular weight is 700 g/mol. The first-order chi connectivity index (χ1) is 22.1. The maximum atomic E-state index is 13.9. The van der Waals surface area contributed by atoms with Gasteiger partial charge in [0.25, 0.3) is 0 Å². The number of ether oxygens (including phenoxy) is 5. The lowest BCUT2D eigenvalue weighted by Crippen LogP contribution is -2.51. The van der Waals surface area contributed by atoms with Crippen LogP contribution in [-0.4, -0.2) is 74.0 Å². The van der Waals surface area contributed by atoms with Crippen molar-refractivity contribution in [3.05, 3.63) is 35.9 Å². The number of amides is 1. The van der Waals surface area contributed by atoms with Crippen molar-refractivity contribution in [2.45, 2.75) is 87.8 Å². The zero-order valence-electron chi connectivity index (χ0n) is 29.4. The minimum absolute atomic E-state index is 0.0118. The van der Waals surface area contributed by atoms with E-state index in [9.17, 15) is 28.5 Å². The Bertz CT molecular complexity index is 1280. The van der Waals surface area contributed by atoms with Crippen molar-refractivity contribution < 1.29 is 61.3 Å². The van der Waals surface area contributed by atoms with E-state index in [0.29, 0.717) is 0 Å². The van der Waals surface area contributed by atoms with E-state index in [4.69, 9.17) is 32.7 Å². The summed E-state index contributed by atoms with van der Waals surface area (Å²) in [5, 5.41) is 0. The first-order valence-corrected chi connectivity index (χ1v) is 17.4. The van der Waals surface area contributed by atoms with Gasteiger partial charge in [-0.2, -0.15) is 0 Å². The molecule has 1 saturated heterocycles. The van der Waals surface area contributed by atoms with E-state index in [2.05, 4.69) is 0 Å². The zero-order chi connectivity index (χ0) is 36.3. The van der Waals surface area contributed by atoms with Crippen LogP contribution in [0.1, 0.15) is 80.7 Å². The number of likely N-dealkylation sites (tertiary alicyclic amines) is 1. The van der Waals surface area contributed by atoms with Crippen molar-refractivity contribution in [2.24, 2.45) is 22.2 Å². The summed E-state index contributed by atoms with van der Waals surface area (Å²) in [6, 6.07) is 7.78. The second kappa shape index (κ2) is 17.3. The lowest BCUT2D eigenvalue weighted by molar-refractivity contribution is -0.177. The van der Waals surface area contributed by atoms with Crippen LogP contribution in [0.5, 0.6) is 0 Å². The molecule has 0 aliphatic carbocycles. The monoisotopic (exact) mass is 699 g/mol. The highest BCUT2D eigenvalue weighted by Gasteiger charge is 2.42. The Labute approximate surface area is 282 Å². The molecule has 1 aliphatic heterocycles. The molecule has 0 aromatic heterocycles. The van der Waals surface area contributed by atoms with E-state index >= 15 is 0 Å². The van der Waals surface area contributed by atoms with E-state index in [1.54, 1.807) is 86.6 Å². The van der Waals surface area contributed by atoms with Gasteiger partial charge in [0.05, 0.1) is 22.4 Å². The summed E-state index contributed by atoms with van der Waals surface area (Å²) in [5.41, 5.74) is -1.80. The molecule has 0 bridgehead atoms. The van der Waals surface area contributed by atoms with Crippen molar-refractivity contribution in [3.63, 3.8) is 0 Å². The molecule has 1 aliphatic rings. The third-order valence-corrected chi connectivity index (χ3v) is 8.97. The van der Waals surface area contributed by atoms with E-state index in [0.717, 1.165) is 5.56 Å². The summed E-state index contributed by atoms with van der Waals surface area (Å²) in [5.74, 6) is -3.21. The lowest BCUT2D eigenvalue weighted by atomic mass is 9.92. The highest BCUT2D eigenvalue weighted by molar-refractivity contribution is 7.53. The summed E-state index contributed by atoms with van der Waals surface area (Å²) >= 11 is 0. The van der Waals surface area contributed by atoms with Gasteiger partial charge >= 0.3 is 37.6 Å². The largest absolute Gasteiger partial charge is 0.445 e. The molecule has 2 atom stereocenters. The van der Waals surface area contributed by atoms with Crippen LogP contribution in [0.2, 0.25) is 0 Å². The summed E-state index contributed by atoms with van der Waals surface area (Å²) < 4.78 is 50.9. The quantitative estimate of drug-likeness (QED) is 0.105. The molecule has 1 aromatic rings. The third-order valence-electron chi connectivity index (χ3n) is 7.01. The second-order valence-electron chi connectivity index (χ2n) is 14.6. The number of esters is 4. The minimum Gasteiger partial charge on any atom is -0.445 e. The van der Waals surface area contributed by atoms with Crippen molar-refractivity contribution in [1.29, 1.82) is 0 Å². The standard InChI is InChI=1S/C33H50NO13P/c1-31(2,3)27(36)43-20-42-26(35)25-17-24(15-16-34(25)30(39)41-18-23-13-11-10-12-14-23)19-48(40,46-21-44-28(37)32(4,5)6)47-22-45-29(38)33(7,8)9/h10-14,24-25H,15-22H2,1-9H3. The Hall–Kier alpha value is -3.48. The van der Waals surface area contributed by atoms with Gasteiger partial charge in [0.2, 0.25) is 20.4 Å². The van der Waals surface area contributed by atoms with Crippen molar-refractivity contribution in [1.82, 2.24) is 4.90 Å². The van der Waals surface area contributed by atoms with E-state index < -0.39 is 86.1 Å². The summed E-state index contributed by atoms with van der Waals surface area (Å²) in [4.78, 5) is 64.4. The molecule has 0 N–H and O–H groups in total. The van der Waals surface area contributed by atoms with Gasteiger partial charge in [0.1, 0.15) is 12.6 Å². The number of benzene rings is 1. The normalized spacial score (nSPS) is 17.2. The molecule has 1 fully saturated rings. The fourth-order valence-corrected chi connectivity index (χ4v) is 5.79. The summed E-state index contributed by atoms with van der Waals surface area (Å²) in [7, 11) is -4.12. The maximum absolute atomic E-state index is 13.9. The Morgan fingerprint density at radius 2 is 1.19 bits per heavy atom. The van der Waals surface area contributed by atoms with Gasteiger partial charge in [0, 0.05) is 6.54 Å². The van der Waals surface area contributed by atoms with Crippen LogP contribution in [0.25, 0.3) is 0 Å². The van der Waals surface area contributed by atoms with Gasteiger partial charge in [-0.05, 0) is 86.6 Å².